The van der Waals surface area contributed by atoms with Gasteiger partial charge in [0.25, 0.3) is 0 Å². The van der Waals surface area contributed by atoms with Crippen molar-refractivity contribution in [3.8, 4) is 11.8 Å². The first-order valence-electron chi connectivity index (χ1n) is 6.40. The first-order valence-corrected chi connectivity index (χ1v) is 6.78. The number of rotatable bonds is 3. The molecule has 3 nitrogen and oxygen atoms in total. The van der Waals surface area contributed by atoms with Crippen LogP contribution in [0.15, 0.2) is 47.6 Å². The number of benzene rings is 2. The van der Waals surface area contributed by atoms with E-state index in [2.05, 4.69) is 5.16 Å². The molecule has 0 amide bonds. The van der Waals surface area contributed by atoms with E-state index in [1.165, 1.54) is 43.3 Å². The SMILES string of the molecule is CC(=NOc1ccc(C#N)cc1)c1cc(Cl)ccc1C(F)(F)F. The van der Waals surface area contributed by atoms with Gasteiger partial charge in [0.1, 0.15) is 0 Å². The Morgan fingerprint density at radius 3 is 2.39 bits per heavy atom. The Morgan fingerprint density at radius 2 is 1.83 bits per heavy atom. The molecule has 0 aliphatic heterocycles. The van der Waals surface area contributed by atoms with Crippen LogP contribution >= 0.6 is 11.6 Å². The van der Waals surface area contributed by atoms with Crippen LogP contribution < -0.4 is 4.84 Å². The number of hydrogen-bond acceptors (Lipinski definition) is 3. The molecule has 0 N–H and O–H groups in total. The summed E-state index contributed by atoms with van der Waals surface area (Å²) in [6, 6.07) is 11.2. The van der Waals surface area contributed by atoms with Crippen LogP contribution in [-0.4, -0.2) is 5.71 Å². The molecular formula is C16H10ClF3N2O. The number of alkyl halides is 3. The molecule has 0 radical (unpaired) electrons. The topological polar surface area (TPSA) is 45.4 Å². The van der Waals surface area contributed by atoms with Crippen molar-refractivity contribution in [2.45, 2.75) is 13.1 Å². The standard InChI is InChI=1S/C16H10ClF3N2O/c1-10(22-23-13-5-2-11(9-21)3-6-13)14-8-12(17)4-7-15(14)16(18,19)20/h2-8H,1H3. The predicted molar refractivity (Wildman–Crippen MR) is 80.5 cm³/mol. The summed E-state index contributed by atoms with van der Waals surface area (Å²) in [4.78, 5) is 5.10. The van der Waals surface area contributed by atoms with Gasteiger partial charge in [-0.3, -0.25) is 0 Å². The molecule has 0 saturated heterocycles. The van der Waals surface area contributed by atoms with E-state index in [1.54, 1.807) is 0 Å². The van der Waals surface area contributed by atoms with Crippen molar-refractivity contribution >= 4 is 17.3 Å². The van der Waals surface area contributed by atoms with E-state index in [9.17, 15) is 13.2 Å². The fourth-order valence-electron chi connectivity index (χ4n) is 1.82. The highest BCUT2D eigenvalue weighted by molar-refractivity contribution is 6.31. The number of halogens is 4. The van der Waals surface area contributed by atoms with Gasteiger partial charge < -0.3 is 4.84 Å². The lowest BCUT2D eigenvalue weighted by Gasteiger charge is -2.12. The molecule has 2 aromatic carbocycles. The number of nitriles is 1. The molecule has 0 aromatic heterocycles. The second-order valence-electron chi connectivity index (χ2n) is 4.59. The molecule has 0 fully saturated rings. The minimum atomic E-state index is -4.52. The maximum absolute atomic E-state index is 13.0. The minimum absolute atomic E-state index is 0.0317. The first kappa shape index (κ1) is 16.8. The Bertz CT molecular complexity index is 777. The lowest BCUT2D eigenvalue weighted by atomic mass is 10.0. The van der Waals surface area contributed by atoms with Gasteiger partial charge in [-0.25, -0.2) is 0 Å². The molecule has 2 aromatic rings. The Morgan fingerprint density at radius 1 is 1.17 bits per heavy atom. The maximum Gasteiger partial charge on any atom is 0.417 e. The molecule has 0 bridgehead atoms. The van der Waals surface area contributed by atoms with Crippen molar-refractivity contribution in [3.05, 3.63) is 64.2 Å². The Balaban J connectivity index is 2.30. The Hall–Kier alpha value is -2.52. The lowest BCUT2D eigenvalue weighted by Crippen LogP contribution is -2.12. The first-order chi connectivity index (χ1) is 10.8. The second-order valence-corrected chi connectivity index (χ2v) is 5.03. The zero-order valence-corrected chi connectivity index (χ0v) is 12.6. The van der Waals surface area contributed by atoms with Gasteiger partial charge in [0.15, 0.2) is 5.75 Å². The monoisotopic (exact) mass is 338 g/mol. The van der Waals surface area contributed by atoms with E-state index >= 15 is 0 Å². The van der Waals surface area contributed by atoms with Crippen LogP contribution in [-0.2, 0) is 6.18 Å². The van der Waals surface area contributed by atoms with Gasteiger partial charge in [-0.1, -0.05) is 16.8 Å². The zero-order chi connectivity index (χ0) is 17.0. The van der Waals surface area contributed by atoms with Crippen LogP contribution in [0, 0.1) is 11.3 Å². The van der Waals surface area contributed by atoms with Gasteiger partial charge in [-0.05, 0) is 49.4 Å². The fourth-order valence-corrected chi connectivity index (χ4v) is 2.00. The summed E-state index contributed by atoms with van der Waals surface area (Å²) in [5.41, 5.74) is -0.526. The number of hydrogen-bond donors (Lipinski definition) is 0. The summed E-state index contributed by atoms with van der Waals surface area (Å²) in [5, 5.41) is 12.6. The molecule has 0 spiro atoms. The van der Waals surface area contributed by atoms with Crippen LogP contribution in [0.25, 0.3) is 0 Å². The van der Waals surface area contributed by atoms with Crippen LogP contribution in [0.2, 0.25) is 5.02 Å². The lowest BCUT2D eigenvalue weighted by molar-refractivity contribution is -0.137. The van der Waals surface area contributed by atoms with Gasteiger partial charge in [-0.2, -0.15) is 18.4 Å². The molecule has 0 atom stereocenters. The third-order valence-corrected chi connectivity index (χ3v) is 3.18. The third kappa shape index (κ3) is 4.24. The van der Waals surface area contributed by atoms with Gasteiger partial charge in [0, 0.05) is 10.6 Å². The smallest absolute Gasteiger partial charge is 0.357 e. The van der Waals surface area contributed by atoms with Crippen molar-refractivity contribution in [2.75, 3.05) is 0 Å². The van der Waals surface area contributed by atoms with Crippen molar-refractivity contribution in [1.82, 2.24) is 0 Å². The quantitative estimate of drug-likeness (QED) is 0.581. The molecule has 0 unspecified atom stereocenters. The van der Waals surface area contributed by atoms with Crippen LogP contribution in [0.5, 0.6) is 5.75 Å². The molecule has 0 aliphatic carbocycles. The molecular weight excluding hydrogens is 329 g/mol. The molecule has 0 heterocycles. The third-order valence-electron chi connectivity index (χ3n) is 2.95. The average molecular weight is 339 g/mol. The highest BCUT2D eigenvalue weighted by atomic mass is 35.5. The highest BCUT2D eigenvalue weighted by Crippen LogP contribution is 2.33. The van der Waals surface area contributed by atoms with Crippen LogP contribution in [0.3, 0.4) is 0 Å². The van der Waals surface area contributed by atoms with E-state index in [-0.39, 0.29) is 16.3 Å². The van der Waals surface area contributed by atoms with Gasteiger partial charge in [0.05, 0.1) is 22.9 Å². The molecule has 0 saturated carbocycles. The Labute approximate surface area is 135 Å². The van der Waals surface area contributed by atoms with E-state index in [0.717, 1.165) is 6.07 Å². The maximum atomic E-state index is 13.0. The van der Waals surface area contributed by atoms with E-state index in [4.69, 9.17) is 21.7 Å². The van der Waals surface area contributed by atoms with E-state index < -0.39 is 11.7 Å². The summed E-state index contributed by atoms with van der Waals surface area (Å²) in [6.45, 7) is 1.39. The van der Waals surface area contributed by atoms with E-state index in [0.29, 0.717) is 11.3 Å². The second kappa shape index (κ2) is 6.71. The molecule has 7 heteroatoms. The number of nitrogens with zero attached hydrogens (tertiary/aromatic N) is 2. The Kier molecular flexibility index (Phi) is 4.92. The highest BCUT2D eigenvalue weighted by Gasteiger charge is 2.34. The molecule has 118 valence electrons. The number of oxime groups is 1. The summed E-state index contributed by atoms with van der Waals surface area (Å²) in [5.74, 6) is 0.305. The normalized spacial score (nSPS) is 11.9. The zero-order valence-electron chi connectivity index (χ0n) is 11.9. The average Bonchev–Trinajstić information content (AvgIpc) is 2.51. The largest absolute Gasteiger partial charge is 0.417 e. The van der Waals surface area contributed by atoms with Crippen LogP contribution in [0.4, 0.5) is 13.2 Å². The summed E-state index contributed by atoms with van der Waals surface area (Å²) in [7, 11) is 0. The van der Waals surface area contributed by atoms with Gasteiger partial charge >= 0.3 is 6.18 Å². The van der Waals surface area contributed by atoms with Crippen molar-refractivity contribution in [3.63, 3.8) is 0 Å². The summed E-state index contributed by atoms with van der Waals surface area (Å²) < 4.78 is 39.1. The fraction of sp³-hybridized carbons (Fsp3) is 0.125. The van der Waals surface area contributed by atoms with Crippen LogP contribution in [0.1, 0.15) is 23.6 Å². The summed E-state index contributed by atoms with van der Waals surface area (Å²) in [6.07, 6.45) is -4.52. The predicted octanol–water partition coefficient (Wildman–Crippen LogP) is 5.03. The molecule has 0 aliphatic rings. The van der Waals surface area contributed by atoms with Gasteiger partial charge in [0.2, 0.25) is 0 Å². The van der Waals surface area contributed by atoms with Crippen molar-refractivity contribution in [1.29, 1.82) is 5.26 Å². The minimum Gasteiger partial charge on any atom is -0.357 e. The van der Waals surface area contributed by atoms with Crippen molar-refractivity contribution < 1.29 is 18.0 Å². The van der Waals surface area contributed by atoms with Crippen molar-refractivity contribution in [2.24, 2.45) is 5.16 Å². The summed E-state index contributed by atoms with van der Waals surface area (Å²) >= 11 is 5.77. The molecule has 23 heavy (non-hydrogen) atoms. The van der Waals surface area contributed by atoms with Gasteiger partial charge in [-0.15, -0.1) is 0 Å². The van der Waals surface area contributed by atoms with E-state index in [1.807, 2.05) is 6.07 Å². The molecule has 2 rings (SSSR count).